The minimum Gasteiger partial charge on any atom is -0.281 e. The Morgan fingerprint density at radius 1 is 1.28 bits per heavy atom. The third-order valence-corrected chi connectivity index (χ3v) is 7.13. The highest BCUT2D eigenvalue weighted by Gasteiger charge is 2.52. The lowest BCUT2D eigenvalue weighted by Gasteiger charge is -2.56. The molecular weight excluding hydrogens is 332 g/mol. The van der Waals surface area contributed by atoms with Crippen LogP contribution in [-0.4, -0.2) is 22.3 Å². The molecule has 2 aromatic heterocycles. The summed E-state index contributed by atoms with van der Waals surface area (Å²) in [7, 11) is 0. The molecule has 1 amide bonds. The van der Waals surface area contributed by atoms with Gasteiger partial charge in [0.25, 0.3) is 5.91 Å². The molecular formula is C19H22N4OS. The van der Waals surface area contributed by atoms with Gasteiger partial charge in [0, 0.05) is 16.0 Å². The van der Waals surface area contributed by atoms with Gasteiger partial charge in [0.1, 0.15) is 0 Å². The SMILES string of the molecule is O=C(N/N=C\c1cccs1)c1cc(C23CC4CC(CC(C4)C2)C3)[nH]n1. The normalized spacial score (nSPS) is 33.2. The van der Waals surface area contributed by atoms with Crippen LogP contribution in [-0.2, 0) is 5.41 Å². The van der Waals surface area contributed by atoms with Crippen molar-refractivity contribution in [2.45, 2.75) is 43.9 Å². The van der Waals surface area contributed by atoms with Gasteiger partial charge in [-0.1, -0.05) is 6.07 Å². The number of aromatic nitrogens is 2. The van der Waals surface area contributed by atoms with Crippen LogP contribution in [0.3, 0.4) is 0 Å². The van der Waals surface area contributed by atoms with Crippen molar-refractivity contribution in [1.29, 1.82) is 0 Å². The molecule has 0 spiro atoms. The van der Waals surface area contributed by atoms with E-state index in [1.807, 2.05) is 23.6 Å². The first-order valence-corrected chi connectivity index (χ1v) is 10.0. The zero-order valence-electron chi connectivity index (χ0n) is 14.1. The number of H-pyrrole nitrogens is 1. The Kier molecular flexibility index (Phi) is 3.55. The minimum absolute atomic E-state index is 0.237. The number of carbonyl (C=O) groups excluding carboxylic acids is 1. The van der Waals surface area contributed by atoms with Gasteiger partial charge >= 0.3 is 0 Å². The highest BCUT2D eigenvalue weighted by atomic mass is 32.1. The lowest BCUT2D eigenvalue weighted by molar-refractivity contribution is -0.00721. The topological polar surface area (TPSA) is 70.1 Å². The van der Waals surface area contributed by atoms with Crippen LogP contribution >= 0.6 is 11.3 Å². The molecule has 6 heteroatoms. The van der Waals surface area contributed by atoms with Gasteiger partial charge < -0.3 is 0 Å². The van der Waals surface area contributed by atoms with Crippen molar-refractivity contribution in [2.75, 3.05) is 0 Å². The molecule has 4 aliphatic rings. The Hall–Kier alpha value is -1.95. The largest absolute Gasteiger partial charge is 0.291 e. The fraction of sp³-hybridized carbons (Fsp3) is 0.526. The lowest BCUT2D eigenvalue weighted by Crippen LogP contribution is -2.48. The summed E-state index contributed by atoms with van der Waals surface area (Å²) < 4.78 is 0. The molecule has 4 aliphatic carbocycles. The minimum atomic E-state index is -0.250. The average molecular weight is 354 g/mol. The first-order valence-electron chi connectivity index (χ1n) is 9.13. The number of hydrazone groups is 1. The number of nitrogens with one attached hydrogen (secondary N) is 2. The van der Waals surface area contributed by atoms with Crippen LogP contribution in [0.15, 0.2) is 28.7 Å². The predicted molar refractivity (Wildman–Crippen MR) is 97.8 cm³/mol. The van der Waals surface area contributed by atoms with E-state index in [1.165, 1.54) is 44.2 Å². The van der Waals surface area contributed by atoms with E-state index < -0.39 is 0 Å². The van der Waals surface area contributed by atoms with Gasteiger partial charge in [-0.3, -0.25) is 9.89 Å². The Labute approximate surface area is 150 Å². The molecule has 0 unspecified atom stereocenters. The molecule has 0 aliphatic heterocycles. The van der Waals surface area contributed by atoms with Gasteiger partial charge in [0.05, 0.1) is 6.21 Å². The molecule has 5 nitrogen and oxygen atoms in total. The molecule has 130 valence electrons. The first-order chi connectivity index (χ1) is 12.2. The number of hydrogen-bond acceptors (Lipinski definition) is 4. The maximum absolute atomic E-state index is 12.3. The summed E-state index contributed by atoms with van der Waals surface area (Å²) in [6.07, 6.45) is 9.69. The van der Waals surface area contributed by atoms with Crippen molar-refractivity contribution < 1.29 is 4.79 Å². The summed E-state index contributed by atoms with van der Waals surface area (Å²) in [5.74, 6) is 2.38. The number of rotatable bonds is 4. The summed E-state index contributed by atoms with van der Waals surface area (Å²) >= 11 is 1.58. The molecule has 6 rings (SSSR count). The van der Waals surface area contributed by atoms with E-state index >= 15 is 0 Å². The van der Waals surface area contributed by atoms with Crippen LogP contribution in [0.4, 0.5) is 0 Å². The van der Waals surface area contributed by atoms with Crippen molar-refractivity contribution in [3.63, 3.8) is 0 Å². The molecule has 2 aromatic rings. The van der Waals surface area contributed by atoms with Gasteiger partial charge in [-0.25, -0.2) is 5.43 Å². The van der Waals surface area contributed by atoms with E-state index in [-0.39, 0.29) is 11.3 Å². The van der Waals surface area contributed by atoms with E-state index in [4.69, 9.17) is 0 Å². The first kappa shape index (κ1) is 15.3. The number of thiophene rings is 1. The molecule has 4 bridgehead atoms. The van der Waals surface area contributed by atoms with E-state index in [2.05, 4.69) is 20.7 Å². The fourth-order valence-electron chi connectivity index (χ4n) is 5.73. The summed E-state index contributed by atoms with van der Waals surface area (Å²) in [6, 6.07) is 5.88. The number of hydrogen-bond donors (Lipinski definition) is 2. The van der Waals surface area contributed by atoms with Crippen molar-refractivity contribution >= 4 is 23.5 Å². The van der Waals surface area contributed by atoms with E-state index in [1.54, 1.807) is 17.6 Å². The molecule has 0 radical (unpaired) electrons. The van der Waals surface area contributed by atoms with Gasteiger partial charge in [-0.2, -0.15) is 10.2 Å². The van der Waals surface area contributed by atoms with Gasteiger partial charge in [-0.05, 0) is 73.8 Å². The Morgan fingerprint density at radius 3 is 2.64 bits per heavy atom. The van der Waals surface area contributed by atoms with Gasteiger partial charge in [0.2, 0.25) is 0 Å². The van der Waals surface area contributed by atoms with Crippen LogP contribution in [0.5, 0.6) is 0 Å². The fourth-order valence-corrected chi connectivity index (χ4v) is 6.31. The van der Waals surface area contributed by atoms with Crippen molar-refractivity contribution in [2.24, 2.45) is 22.9 Å². The van der Waals surface area contributed by atoms with Crippen molar-refractivity contribution in [1.82, 2.24) is 15.6 Å². The summed E-state index contributed by atoms with van der Waals surface area (Å²) in [5, 5.41) is 13.5. The molecule has 4 fully saturated rings. The second-order valence-corrected chi connectivity index (χ2v) is 9.06. The highest BCUT2D eigenvalue weighted by Crippen LogP contribution is 2.60. The van der Waals surface area contributed by atoms with E-state index in [0.717, 1.165) is 22.6 Å². The zero-order valence-corrected chi connectivity index (χ0v) is 14.9. The molecule has 0 atom stereocenters. The van der Waals surface area contributed by atoms with Crippen LogP contribution in [0.2, 0.25) is 0 Å². The van der Waals surface area contributed by atoms with Crippen LogP contribution < -0.4 is 5.43 Å². The summed E-state index contributed by atoms with van der Waals surface area (Å²) in [4.78, 5) is 13.3. The second kappa shape index (κ2) is 5.80. The number of carbonyl (C=O) groups is 1. The van der Waals surface area contributed by atoms with Crippen LogP contribution in [0.1, 0.15) is 59.6 Å². The maximum Gasteiger partial charge on any atom is 0.291 e. The zero-order chi connectivity index (χ0) is 16.9. The lowest BCUT2D eigenvalue weighted by atomic mass is 9.49. The Bertz CT molecular complexity index is 772. The maximum atomic E-state index is 12.3. The number of nitrogens with zero attached hydrogens (tertiary/aromatic N) is 2. The molecule has 4 saturated carbocycles. The van der Waals surface area contributed by atoms with Gasteiger partial charge in [-0.15, -0.1) is 11.3 Å². The standard InChI is InChI=1S/C19H22N4OS/c24-18(23-20-11-15-2-1-3-25-15)16-7-17(22-21-16)19-8-12-4-13(9-19)6-14(5-12)10-19/h1-3,7,11-14H,4-6,8-10H2,(H,21,22)(H,23,24)/b20-11-. The molecule has 0 saturated heterocycles. The molecule has 25 heavy (non-hydrogen) atoms. The van der Waals surface area contributed by atoms with Gasteiger partial charge in [0.15, 0.2) is 5.69 Å². The molecule has 0 aromatic carbocycles. The van der Waals surface area contributed by atoms with Crippen LogP contribution in [0.25, 0.3) is 0 Å². The number of aromatic amines is 1. The van der Waals surface area contributed by atoms with Crippen LogP contribution in [0, 0.1) is 17.8 Å². The molecule has 2 N–H and O–H groups in total. The van der Waals surface area contributed by atoms with E-state index in [9.17, 15) is 4.79 Å². The number of amides is 1. The summed E-state index contributed by atoms with van der Waals surface area (Å²) in [6.45, 7) is 0. The summed E-state index contributed by atoms with van der Waals surface area (Å²) in [5.41, 5.74) is 4.42. The smallest absolute Gasteiger partial charge is 0.281 e. The second-order valence-electron chi connectivity index (χ2n) is 8.08. The quantitative estimate of drug-likeness (QED) is 0.649. The van der Waals surface area contributed by atoms with E-state index in [0.29, 0.717) is 5.69 Å². The highest BCUT2D eigenvalue weighted by molar-refractivity contribution is 7.11. The Morgan fingerprint density at radius 2 is 2.00 bits per heavy atom. The van der Waals surface area contributed by atoms with Crippen molar-refractivity contribution in [3.8, 4) is 0 Å². The van der Waals surface area contributed by atoms with Crippen molar-refractivity contribution in [3.05, 3.63) is 39.8 Å². The third-order valence-electron chi connectivity index (χ3n) is 6.32. The molecule has 2 heterocycles. The monoisotopic (exact) mass is 354 g/mol. The Balaban J connectivity index is 1.31. The predicted octanol–water partition coefficient (Wildman–Crippen LogP) is 3.70. The third kappa shape index (κ3) is 2.72. The average Bonchev–Trinajstić information content (AvgIpc) is 3.26.